The van der Waals surface area contributed by atoms with Crippen molar-refractivity contribution in [2.75, 3.05) is 0 Å². The topological polar surface area (TPSA) is 60.2 Å². The van der Waals surface area contributed by atoms with E-state index in [0.29, 0.717) is 10.9 Å². The Hall–Kier alpha value is -1.39. The SMILES string of the molecule is Cc1ccc2ccccc2c1S(N)(=O)=O. The van der Waals surface area contributed by atoms with Crippen LogP contribution in [0.1, 0.15) is 5.56 Å². The van der Waals surface area contributed by atoms with Gasteiger partial charge in [0.25, 0.3) is 0 Å². The molecule has 0 aliphatic heterocycles. The Morgan fingerprint density at radius 1 is 1.07 bits per heavy atom. The highest BCUT2D eigenvalue weighted by Gasteiger charge is 2.14. The smallest absolute Gasteiger partial charge is 0.225 e. The summed E-state index contributed by atoms with van der Waals surface area (Å²) in [7, 11) is -3.66. The van der Waals surface area contributed by atoms with Crippen molar-refractivity contribution in [3.63, 3.8) is 0 Å². The second kappa shape index (κ2) is 3.32. The molecule has 0 unspecified atom stereocenters. The molecule has 4 heteroatoms. The predicted octanol–water partition coefficient (Wildman–Crippen LogP) is 1.80. The molecule has 0 amide bonds. The van der Waals surface area contributed by atoms with Crippen LogP contribution in [0.15, 0.2) is 41.3 Å². The molecule has 2 N–H and O–H groups in total. The maximum absolute atomic E-state index is 11.4. The molecule has 0 radical (unpaired) electrons. The first-order valence-electron chi connectivity index (χ1n) is 4.51. The number of primary sulfonamides is 1. The molecule has 0 spiro atoms. The van der Waals surface area contributed by atoms with E-state index < -0.39 is 10.0 Å². The Bertz CT molecular complexity index is 618. The fourth-order valence-corrected chi connectivity index (χ4v) is 2.74. The lowest BCUT2D eigenvalue weighted by Crippen LogP contribution is -2.14. The molecule has 0 heterocycles. The minimum Gasteiger partial charge on any atom is -0.225 e. The third-order valence-electron chi connectivity index (χ3n) is 2.36. The van der Waals surface area contributed by atoms with Crippen molar-refractivity contribution in [3.8, 4) is 0 Å². The van der Waals surface area contributed by atoms with E-state index in [0.717, 1.165) is 5.39 Å². The summed E-state index contributed by atoms with van der Waals surface area (Å²) in [6, 6.07) is 11.0. The molecule has 2 aromatic carbocycles. The highest BCUT2D eigenvalue weighted by Crippen LogP contribution is 2.25. The van der Waals surface area contributed by atoms with Gasteiger partial charge >= 0.3 is 0 Å². The molecule has 0 aliphatic carbocycles. The number of aryl methyl sites for hydroxylation is 1. The molecule has 78 valence electrons. The number of hydrogen-bond acceptors (Lipinski definition) is 2. The van der Waals surface area contributed by atoms with Crippen LogP contribution in [-0.4, -0.2) is 8.42 Å². The Kier molecular flexibility index (Phi) is 2.25. The Morgan fingerprint density at radius 3 is 2.40 bits per heavy atom. The molecular formula is C11H11NO2S. The van der Waals surface area contributed by atoms with Gasteiger partial charge in [0.2, 0.25) is 10.0 Å². The molecule has 0 aliphatic rings. The quantitative estimate of drug-likeness (QED) is 0.798. The summed E-state index contributed by atoms with van der Waals surface area (Å²) in [5.41, 5.74) is 0.677. The van der Waals surface area contributed by atoms with Gasteiger partial charge in [-0.2, -0.15) is 0 Å². The molecule has 0 aromatic heterocycles. The molecule has 0 bridgehead atoms. The summed E-state index contributed by atoms with van der Waals surface area (Å²) < 4.78 is 22.9. The van der Waals surface area contributed by atoms with E-state index in [1.807, 2.05) is 18.2 Å². The van der Waals surface area contributed by atoms with Gasteiger partial charge in [-0.1, -0.05) is 36.4 Å². The molecule has 0 fully saturated rings. The predicted molar refractivity (Wildman–Crippen MR) is 60.1 cm³/mol. The fourth-order valence-electron chi connectivity index (χ4n) is 1.73. The number of hydrogen-bond donors (Lipinski definition) is 1. The van der Waals surface area contributed by atoms with Crippen molar-refractivity contribution >= 4 is 20.8 Å². The fraction of sp³-hybridized carbons (Fsp3) is 0.0909. The zero-order valence-electron chi connectivity index (χ0n) is 8.27. The lowest BCUT2D eigenvalue weighted by atomic mass is 10.1. The van der Waals surface area contributed by atoms with Crippen LogP contribution in [0.5, 0.6) is 0 Å². The van der Waals surface area contributed by atoms with E-state index in [1.165, 1.54) is 0 Å². The van der Waals surface area contributed by atoms with Crippen LogP contribution >= 0.6 is 0 Å². The van der Waals surface area contributed by atoms with Crippen molar-refractivity contribution < 1.29 is 8.42 Å². The van der Waals surface area contributed by atoms with Gasteiger partial charge in [0, 0.05) is 5.39 Å². The lowest BCUT2D eigenvalue weighted by Gasteiger charge is -2.07. The van der Waals surface area contributed by atoms with Crippen LogP contribution < -0.4 is 5.14 Å². The van der Waals surface area contributed by atoms with Crippen molar-refractivity contribution in [1.82, 2.24) is 0 Å². The standard InChI is InChI=1S/C11H11NO2S/c1-8-6-7-9-4-2-3-5-10(9)11(8)15(12,13)14/h2-7H,1H3,(H2,12,13,14). The molecule has 2 rings (SSSR count). The molecule has 15 heavy (non-hydrogen) atoms. The second-order valence-electron chi connectivity index (χ2n) is 3.48. The van der Waals surface area contributed by atoms with E-state index in [1.54, 1.807) is 25.1 Å². The van der Waals surface area contributed by atoms with Gasteiger partial charge in [0.05, 0.1) is 4.90 Å². The summed E-state index contributed by atoms with van der Waals surface area (Å²) in [5.74, 6) is 0. The van der Waals surface area contributed by atoms with E-state index in [2.05, 4.69) is 0 Å². The second-order valence-corrected chi connectivity index (χ2v) is 4.98. The van der Waals surface area contributed by atoms with Gasteiger partial charge in [-0.05, 0) is 17.9 Å². The number of nitrogens with two attached hydrogens (primary N) is 1. The summed E-state index contributed by atoms with van der Waals surface area (Å²) in [6.45, 7) is 1.74. The molecule has 0 atom stereocenters. The monoisotopic (exact) mass is 221 g/mol. The number of rotatable bonds is 1. The van der Waals surface area contributed by atoms with Crippen molar-refractivity contribution in [3.05, 3.63) is 42.0 Å². The number of sulfonamides is 1. The van der Waals surface area contributed by atoms with E-state index >= 15 is 0 Å². The first-order chi connectivity index (χ1) is 7.00. The molecule has 0 saturated heterocycles. The van der Waals surface area contributed by atoms with Gasteiger partial charge in [0.1, 0.15) is 0 Å². The summed E-state index contributed by atoms with van der Waals surface area (Å²) in [5, 5.41) is 6.76. The van der Waals surface area contributed by atoms with Crippen molar-refractivity contribution in [2.24, 2.45) is 5.14 Å². The van der Waals surface area contributed by atoms with Crippen LogP contribution in [0.3, 0.4) is 0 Å². The Balaban J connectivity index is 2.99. The normalized spacial score (nSPS) is 11.9. The van der Waals surface area contributed by atoms with E-state index in [9.17, 15) is 8.42 Å². The van der Waals surface area contributed by atoms with Crippen LogP contribution in [0.25, 0.3) is 10.8 Å². The number of benzene rings is 2. The molecule has 0 saturated carbocycles. The van der Waals surface area contributed by atoms with Crippen molar-refractivity contribution in [2.45, 2.75) is 11.8 Å². The third-order valence-corrected chi connectivity index (χ3v) is 3.47. The van der Waals surface area contributed by atoms with Crippen LogP contribution in [0.4, 0.5) is 0 Å². The highest BCUT2D eigenvalue weighted by atomic mass is 32.2. The van der Waals surface area contributed by atoms with Gasteiger partial charge in [0.15, 0.2) is 0 Å². The molecule has 3 nitrogen and oxygen atoms in total. The summed E-state index contributed by atoms with van der Waals surface area (Å²) in [6.07, 6.45) is 0. The zero-order chi connectivity index (χ0) is 11.1. The first kappa shape index (κ1) is 10.1. The maximum Gasteiger partial charge on any atom is 0.238 e. The van der Waals surface area contributed by atoms with Gasteiger partial charge in [-0.3, -0.25) is 0 Å². The Morgan fingerprint density at radius 2 is 1.73 bits per heavy atom. The van der Waals surface area contributed by atoms with Gasteiger partial charge in [-0.25, -0.2) is 13.6 Å². The van der Waals surface area contributed by atoms with Crippen LogP contribution in [0.2, 0.25) is 0 Å². The van der Waals surface area contributed by atoms with Crippen molar-refractivity contribution in [1.29, 1.82) is 0 Å². The van der Waals surface area contributed by atoms with E-state index in [4.69, 9.17) is 5.14 Å². The Labute approximate surface area is 88.6 Å². The average Bonchev–Trinajstić information content (AvgIpc) is 2.15. The highest BCUT2D eigenvalue weighted by molar-refractivity contribution is 7.89. The number of fused-ring (bicyclic) bond motifs is 1. The lowest BCUT2D eigenvalue weighted by molar-refractivity contribution is 0.598. The third kappa shape index (κ3) is 1.73. The summed E-state index contributed by atoms with van der Waals surface area (Å²) in [4.78, 5) is 0.223. The van der Waals surface area contributed by atoms with Crippen LogP contribution in [0, 0.1) is 6.92 Å². The average molecular weight is 221 g/mol. The van der Waals surface area contributed by atoms with Crippen LogP contribution in [-0.2, 0) is 10.0 Å². The van der Waals surface area contributed by atoms with E-state index in [-0.39, 0.29) is 4.90 Å². The molecular weight excluding hydrogens is 210 g/mol. The summed E-state index contributed by atoms with van der Waals surface area (Å²) >= 11 is 0. The minimum atomic E-state index is -3.66. The van der Waals surface area contributed by atoms with Gasteiger partial charge < -0.3 is 0 Å². The minimum absolute atomic E-state index is 0.223. The largest absolute Gasteiger partial charge is 0.238 e. The zero-order valence-corrected chi connectivity index (χ0v) is 9.08. The van der Waals surface area contributed by atoms with Gasteiger partial charge in [-0.15, -0.1) is 0 Å². The molecule has 2 aromatic rings. The first-order valence-corrected chi connectivity index (χ1v) is 6.06. The maximum atomic E-state index is 11.4.